The van der Waals surface area contributed by atoms with Gasteiger partial charge in [-0.2, -0.15) is 0 Å². The molecular formula is C22H25NO3SSe. The number of rotatable bonds is 6. The van der Waals surface area contributed by atoms with Crippen molar-refractivity contribution in [1.29, 1.82) is 0 Å². The summed E-state index contributed by atoms with van der Waals surface area (Å²) in [6.45, 7) is 2.24. The van der Waals surface area contributed by atoms with Crippen LogP contribution in [0.5, 0.6) is 0 Å². The number of benzene rings is 2. The Morgan fingerprint density at radius 1 is 1.04 bits per heavy atom. The van der Waals surface area contributed by atoms with Crippen LogP contribution in [0.2, 0.25) is 4.82 Å². The molecule has 1 aliphatic heterocycles. The summed E-state index contributed by atoms with van der Waals surface area (Å²) < 4.78 is 26.8. The van der Waals surface area contributed by atoms with Gasteiger partial charge in [-0.3, -0.25) is 0 Å². The molecule has 6 heteroatoms. The summed E-state index contributed by atoms with van der Waals surface area (Å²) in [5.41, 5.74) is 1.04. The number of carbonyl (C=O) groups is 1. The zero-order valence-corrected chi connectivity index (χ0v) is 18.5. The number of carbonyl (C=O) groups excluding carboxylic acids is 1. The molecule has 2 aromatic rings. The van der Waals surface area contributed by atoms with Crippen molar-refractivity contribution in [2.45, 2.75) is 41.9 Å². The van der Waals surface area contributed by atoms with E-state index in [1.54, 1.807) is 12.1 Å². The molecule has 3 unspecified atom stereocenters. The molecule has 3 atom stereocenters. The van der Waals surface area contributed by atoms with Gasteiger partial charge in [0.1, 0.15) is 0 Å². The van der Waals surface area contributed by atoms with Crippen molar-refractivity contribution < 1.29 is 13.2 Å². The molecule has 4 nitrogen and oxygen atoms in total. The van der Waals surface area contributed by atoms with Crippen LogP contribution in [0.15, 0.2) is 59.5 Å². The number of amides is 1. The summed E-state index contributed by atoms with van der Waals surface area (Å²) >= 11 is 0.305. The Morgan fingerprint density at radius 3 is 2.46 bits per heavy atom. The Balaban J connectivity index is 1.47. The second-order valence-corrected chi connectivity index (χ2v) is 12.6. The van der Waals surface area contributed by atoms with Gasteiger partial charge in [-0.15, -0.1) is 0 Å². The van der Waals surface area contributed by atoms with Gasteiger partial charge in [0.05, 0.1) is 0 Å². The molecule has 1 saturated heterocycles. The van der Waals surface area contributed by atoms with E-state index in [0.29, 0.717) is 43.6 Å². The number of hydrogen-bond donors (Lipinski definition) is 0. The van der Waals surface area contributed by atoms with Crippen LogP contribution in [0.4, 0.5) is 0 Å². The van der Waals surface area contributed by atoms with E-state index in [9.17, 15) is 13.2 Å². The van der Waals surface area contributed by atoms with Crippen LogP contribution in [0.3, 0.4) is 0 Å². The van der Waals surface area contributed by atoms with Crippen molar-refractivity contribution >= 4 is 35.2 Å². The Labute approximate surface area is 173 Å². The zero-order valence-electron chi connectivity index (χ0n) is 16.0. The van der Waals surface area contributed by atoms with E-state index in [-0.39, 0.29) is 17.7 Å². The number of nitrogens with zero attached hydrogens (tertiary/aromatic N) is 1. The van der Waals surface area contributed by atoms with E-state index in [1.165, 1.54) is 4.46 Å². The van der Waals surface area contributed by atoms with Crippen LogP contribution >= 0.6 is 0 Å². The summed E-state index contributed by atoms with van der Waals surface area (Å²) in [5.74, 6) is 0.517. The predicted molar refractivity (Wildman–Crippen MR) is 112 cm³/mol. The third-order valence-corrected chi connectivity index (χ3v) is 10.4. The second kappa shape index (κ2) is 8.02. The number of likely N-dealkylation sites (tertiary alicyclic amines) is 1. The molecule has 1 saturated carbocycles. The molecule has 4 rings (SSSR count). The summed E-state index contributed by atoms with van der Waals surface area (Å²) in [5, 5.41) is 0. The molecule has 0 aromatic heterocycles. The quantitative estimate of drug-likeness (QED) is 0.621. The van der Waals surface area contributed by atoms with Crippen molar-refractivity contribution in [1.82, 2.24) is 4.90 Å². The first-order valence-corrected chi connectivity index (χ1v) is 13.2. The van der Waals surface area contributed by atoms with Gasteiger partial charge in [-0.25, -0.2) is 0 Å². The van der Waals surface area contributed by atoms with Crippen LogP contribution < -0.4 is 4.46 Å². The third kappa shape index (κ3) is 4.05. The molecule has 0 radical (unpaired) electrons. The third-order valence-electron chi connectivity index (χ3n) is 5.81. The van der Waals surface area contributed by atoms with Crippen molar-refractivity contribution in [2.24, 2.45) is 5.92 Å². The minimum atomic E-state index is -3.38. The van der Waals surface area contributed by atoms with Crippen molar-refractivity contribution in [2.75, 3.05) is 12.3 Å². The average Bonchev–Trinajstić information content (AvgIpc) is 3.20. The summed E-state index contributed by atoms with van der Waals surface area (Å²) in [6, 6.07) is 17.7. The van der Waals surface area contributed by atoms with Crippen LogP contribution in [0, 0.1) is 12.8 Å². The van der Waals surface area contributed by atoms with Crippen LogP contribution in [-0.2, 0) is 14.6 Å². The standard InChI is InChI=1S/C22H25NO3SSe/c1-16-7-10-18(11-8-16)27(25,26)14-13-23-21(24)15-17-9-12-20(22(17)23)28-19-5-3-2-4-6-19/h2-8,10-11,17,20,22H,9,12-15H2,1H3. The molecular weight excluding hydrogens is 437 g/mol. The number of hydrogen-bond acceptors (Lipinski definition) is 3. The molecule has 28 heavy (non-hydrogen) atoms. The monoisotopic (exact) mass is 463 g/mol. The molecule has 0 N–H and O–H groups in total. The minimum absolute atomic E-state index is 0.00389. The molecule has 2 aliphatic rings. The predicted octanol–water partition coefficient (Wildman–Crippen LogP) is 2.60. The van der Waals surface area contributed by atoms with Crippen LogP contribution in [0.25, 0.3) is 0 Å². The summed E-state index contributed by atoms with van der Waals surface area (Å²) in [4.78, 5) is 15.3. The molecule has 0 bridgehead atoms. The Bertz CT molecular complexity index is 944. The summed E-state index contributed by atoms with van der Waals surface area (Å²) in [7, 11) is -3.38. The van der Waals surface area contributed by atoms with Gasteiger partial charge in [-0.05, 0) is 0 Å². The van der Waals surface area contributed by atoms with Gasteiger partial charge in [0, 0.05) is 0 Å². The van der Waals surface area contributed by atoms with E-state index in [2.05, 4.69) is 24.3 Å². The van der Waals surface area contributed by atoms with E-state index in [4.69, 9.17) is 0 Å². The molecule has 1 heterocycles. The van der Waals surface area contributed by atoms with E-state index in [0.717, 1.165) is 18.4 Å². The first kappa shape index (κ1) is 19.7. The van der Waals surface area contributed by atoms with Gasteiger partial charge in [-0.1, -0.05) is 0 Å². The molecule has 2 aromatic carbocycles. The van der Waals surface area contributed by atoms with E-state index < -0.39 is 9.84 Å². The zero-order chi connectivity index (χ0) is 19.7. The Kier molecular flexibility index (Phi) is 5.64. The molecule has 1 amide bonds. The average molecular weight is 462 g/mol. The SMILES string of the molecule is Cc1ccc(S(=O)(=O)CCN2C(=O)CC3CCC([Se]c4ccccc4)C32)cc1. The van der Waals surface area contributed by atoms with Crippen LogP contribution in [-0.4, -0.2) is 52.5 Å². The van der Waals surface area contributed by atoms with Crippen molar-refractivity contribution in [3.05, 3.63) is 60.2 Å². The Morgan fingerprint density at radius 2 is 1.75 bits per heavy atom. The maximum atomic E-state index is 12.7. The van der Waals surface area contributed by atoms with Crippen molar-refractivity contribution in [3.63, 3.8) is 0 Å². The van der Waals surface area contributed by atoms with E-state index in [1.807, 2.05) is 30.0 Å². The van der Waals surface area contributed by atoms with Gasteiger partial charge < -0.3 is 0 Å². The molecule has 1 aliphatic carbocycles. The molecule has 148 valence electrons. The first-order chi connectivity index (χ1) is 13.4. The fourth-order valence-electron chi connectivity index (χ4n) is 4.37. The topological polar surface area (TPSA) is 54.5 Å². The fraction of sp³-hybridized carbons (Fsp3) is 0.409. The van der Waals surface area contributed by atoms with Gasteiger partial charge in [0.25, 0.3) is 0 Å². The maximum absolute atomic E-state index is 12.7. The number of aryl methyl sites for hydroxylation is 1. The normalized spacial score (nSPS) is 24.5. The molecule has 2 fully saturated rings. The van der Waals surface area contributed by atoms with Gasteiger partial charge in [0.15, 0.2) is 0 Å². The van der Waals surface area contributed by atoms with Crippen molar-refractivity contribution in [3.8, 4) is 0 Å². The first-order valence-electron chi connectivity index (χ1n) is 9.75. The van der Waals surface area contributed by atoms with Gasteiger partial charge >= 0.3 is 174 Å². The summed E-state index contributed by atoms with van der Waals surface area (Å²) in [6.07, 6.45) is 2.80. The van der Waals surface area contributed by atoms with Crippen LogP contribution in [0.1, 0.15) is 24.8 Å². The second-order valence-electron chi connectivity index (χ2n) is 7.72. The number of fused-ring (bicyclic) bond motifs is 1. The fourth-order valence-corrected chi connectivity index (χ4v) is 8.58. The number of sulfone groups is 1. The van der Waals surface area contributed by atoms with Gasteiger partial charge in [0.2, 0.25) is 0 Å². The Hall–Kier alpha value is -1.62. The molecule has 0 spiro atoms. The van der Waals surface area contributed by atoms with E-state index >= 15 is 0 Å².